The molecule has 9 nitrogen and oxygen atoms in total. The van der Waals surface area contributed by atoms with Crippen LogP contribution in [0, 0.1) is 5.92 Å². The zero-order valence-electron chi connectivity index (χ0n) is 16.2. The van der Waals surface area contributed by atoms with Crippen molar-refractivity contribution in [2.45, 2.75) is 70.6 Å². The molecule has 2 aliphatic rings. The van der Waals surface area contributed by atoms with E-state index in [4.69, 9.17) is 5.73 Å². The number of aliphatic carboxylic acids is 1. The van der Waals surface area contributed by atoms with Crippen molar-refractivity contribution >= 4 is 23.7 Å². The molecule has 0 aromatic carbocycles. The number of nitrogens with zero attached hydrogens (tertiary/aromatic N) is 2. The van der Waals surface area contributed by atoms with Crippen molar-refractivity contribution < 1.29 is 24.3 Å². The zero-order valence-corrected chi connectivity index (χ0v) is 16.2. The van der Waals surface area contributed by atoms with Crippen molar-refractivity contribution in [3.63, 3.8) is 0 Å². The van der Waals surface area contributed by atoms with Gasteiger partial charge in [-0.3, -0.25) is 14.4 Å². The summed E-state index contributed by atoms with van der Waals surface area (Å²) >= 11 is 0. The molecule has 0 bridgehead atoms. The minimum atomic E-state index is -1.03. The quantitative estimate of drug-likeness (QED) is 0.569. The summed E-state index contributed by atoms with van der Waals surface area (Å²) in [6.45, 7) is 6.07. The van der Waals surface area contributed by atoms with Crippen LogP contribution in [0.4, 0.5) is 0 Å². The summed E-state index contributed by atoms with van der Waals surface area (Å²) in [6, 6.07) is -3.01. The number of nitrogens with two attached hydrogens (primary N) is 1. The summed E-state index contributed by atoms with van der Waals surface area (Å²) in [5.74, 6) is -2.14. The number of hydrogen-bond acceptors (Lipinski definition) is 5. The molecule has 2 rings (SSSR count). The lowest BCUT2D eigenvalue weighted by Crippen LogP contribution is -2.56. The van der Waals surface area contributed by atoms with Crippen LogP contribution in [-0.4, -0.2) is 75.9 Å². The van der Waals surface area contributed by atoms with Crippen LogP contribution in [0.5, 0.6) is 0 Å². The number of carbonyl (C=O) groups excluding carboxylic acids is 3. The average Bonchev–Trinajstić information content (AvgIpc) is 3.28. The lowest BCUT2D eigenvalue weighted by Gasteiger charge is -2.30. The van der Waals surface area contributed by atoms with Gasteiger partial charge in [0.2, 0.25) is 17.7 Å². The van der Waals surface area contributed by atoms with Gasteiger partial charge in [0.05, 0.1) is 6.04 Å². The van der Waals surface area contributed by atoms with E-state index < -0.39 is 42.0 Å². The van der Waals surface area contributed by atoms with E-state index in [1.54, 1.807) is 6.92 Å². The number of amides is 3. The van der Waals surface area contributed by atoms with Crippen LogP contribution in [0.25, 0.3) is 0 Å². The van der Waals surface area contributed by atoms with Gasteiger partial charge in [0.15, 0.2) is 0 Å². The summed E-state index contributed by atoms with van der Waals surface area (Å²) < 4.78 is 0. The number of rotatable bonds is 6. The highest BCUT2D eigenvalue weighted by atomic mass is 16.4. The number of carboxylic acids is 1. The fraction of sp³-hybridized carbons (Fsp3) is 0.778. The zero-order chi connectivity index (χ0) is 20.3. The molecule has 9 heteroatoms. The summed E-state index contributed by atoms with van der Waals surface area (Å²) in [4.78, 5) is 51.8. The van der Waals surface area contributed by atoms with Crippen molar-refractivity contribution in [1.29, 1.82) is 0 Å². The van der Waals surface area contributed by atoms with E-state index in [1.165, 1.54) is 9.80 Å². The van der Waals surface area contributed by atoms with Gasteiger partial charge in [0.1, 0.15) is 18.1 Å². The van der Waals surface area contributed by atoms with E-state index in [0.717, 1.165) is 0 Å². The lowest BCUT2D eigenvalue weighted by atomic mass is 10.0. The number of carbonyl (C=O) groups is 4. The highest BCUT2D eigenvalue weighted by Gasteiger charge is 2.40. The molecule has 0 aromatic heterocycles. The molecule has 0 saturated carbocycles. The maximum absolute atomic E-state index is 12.7. The summed E-state index contributed by atoms with van der Waals surface area (Å²) in [5, 5.41) is 11.9. The molecule has 4 unspecified atom stereocenters. The van der Waals surface area contributed by atoms with Gasteiger partial charge < -0.3 is 26.0 Å². The second kappa shape index (κ2) is 8.69. The van der Waals surface area contributed by atoms with Crippen molar-refractivity contribution in [3.05, 3.63) is 0 Å². The fourth-order valence-electron chi connectivity index (χ4n) is 3.69. The Kier molecular flexibility index (Phi) is 6.80. The number of nitrogens with one attached hydrogen (secondary N) is 1. The van der Waals surface area contributed by atoms with Gasteiger partial charge in [0.25, 0.3) is 0 Å². The molecule has 2 aliphatic heterocycles. The topological polar surface area (TPSA) is 133 Å². The van der Waals surface area contributed by atoms with Gasteiger partial charge in [0, 0.05) is 13.1 Å². The third-order valence-electron chi connectivity index (χ3n) is 5.39. The molecule has 0 aliphatic carbocycles. The molecule has 0 radical (unpaired) electrons. The Bertz CT molecular complexity index is 609. The van der Waals surface area contributed by atoms with Gasteiger partial charge in [-0.25, -0.2) is 4.79 Å². The molecule has 2 saturated heterocycles. The number of hydrogen-bond donors (Lipinski definition) is 3. The minimum absolute atomic E-state index is 0.0366. The normalized spacial score (nSPS) is 24.8. The van der Waals surface area contributed by atoms with E-state index in [-0.39, 0.29) is 11.8 Å². The van der Waals surface area contributed by atoms with Crippen LogP contribution in [0.2, 0.25) is 0 Å². The molecule has 2 heterocycles. The van der Waals surface area contributed by atoms with Crippen molar-refractivity contribution in [3.8, 4) is 0 Å². The monoisotopic (exact) mass is 382 g/mol. The molecule has 4 atom stereocenters. The van der Waals surface area contributed by atoms with Crippen LogP contribution in [-0.2, 0) is 19.2 Å². The van der Waals surface area contributed by atoms with Crippen LogP contribution in [0.15, 0.2) is 0 Å². The van der Waals surface area contributed by atoms with Gasteiger partial charge in [-0.2, -0.15) is 0 Å². The number of carboxylic acid groups (broad SMARTS) is 1. The Morgan fingerprint density at radius 1 is 0.963 bits per heavy atom. The highest BCUT2D eigenvalue weighted by Crippen LogP contribution is 2.21. The first-order valence-electron chi connectivity index (χ1n) is 9.54. The van der Waals surface area contributed by atoms with Gasteiger partial charge in [-0.1, -0.05) is 13.8 Å². The first kappa shape index (κ1) is 21.1. The average molecular weight is 382 g/mol. The maximum Gasteiger partial charge on any atom is 0.326 e. The molecule has 2 fully saturated rings. The third kappa shape index (κ3) is 4.58. The number of likely N-dealkylation sites (tertiary alicyclic amines) is 2. The second-order valence-electron chi connectivity index (χ2n) is 7.72. The predicted molar refractivity (Wildman–Crippen MR) is 97.5 cm³/mol. The Morgan fingerprint density at radius 3 is 2.00 bits per heavy atom. The molecular weight excluding hydrogens is 352 g/mol. The lowest BCUT2D eigenvalue weighted by molar-refractivity contribution is -0.149. The Morgan fingerprint density at radius 2 is 1.48 bits per heavy atom. The molecular formula is C18H30N4O5. The Balaban J connectivity index is 1.99. The van der Waals surface area contributed by atoms with Crippen LogP contribution in [0.1, 0.15) is 46.5 Å². The molecule has 3 amide bonds. The predicted octanol–water partition coefficient (Wildman–Crippen LogP) is -0.459. The van der Waals surface area contributed by atoms with E-state index in [1.807, 2.05) is 13.8 Å². The van der Waals surface area contributed by atoms with Crippen LogP contribution < -0.4 is 11.1 Å². The van der Waals surface area contributed by atoms with Crippen molar-refractivity contribution in [1.82, 2.24) is 15.1 Å². The summed E-state index contributed by atoms with van der Waals surface area (Å²) in [5.41, 5.74) is 5.94. The van der Waals surface area contributed by atoms with Gasteiger partial charge >= 0.3 is 5.97 Å². The van der Waals surface area contributed by atoms with Crippen LogP contribution >= 0.6 is 0 Å². The van der Waals surface area contributed by atoms with Crippen LogP contribution in [0.3, 0.4) is 0 Å². The Labute approximate surface area is 159 Å². The van der Waals surface area contributed by atoms with Crippen molar-refractivity contribution in [2.24, 2.45) is 11.7 Å². The van der Waals surface area contributed by atoms with E-state index >= 15 is 0 Å². The van der Waals surface area contributed by atoms with Gasteiger partial charge in [-0.05, 0) is 38.5 Å². The summed E-state index contributed by atoms with van der Waals surface area (Å²) in [6.07, 6.45) is 2.26. The largest absolute Gasteiger partial charge is 0.480 e. The first-order chi connectivity index (χ1) is 12.6. The smallest absolute Gasteiger partial charge is 0.326 e. The minimum Gasteiger partial charge on any atom is -0.480 e. The first-order valence-corrected chi connectivity index (χ1v) is 9.54. The molecule has 4 N–H and O–H groups in total. The van der Waals surface area contributed by atoms with Gasteiger partial charge in [-0.15, -0.1) is 0 Å². The van der Waals surface area contributed by atoms with E-state index in [9.17, 15) is 24.3 Å². The van der Waals surface area contributed by atoms with E-state index in [0.29, 0.717) is 38.8 Å². The van der Waals surface area contributed by atoms with E-state index in [2.05, 4.69) is 5.32 Å². The molecule has 152 valence electrons. The second-order valence-corrected chi connectivity index (χ2v) is 7.72. The summed E-state index contributed by atoms with van der Waals surface area (Å²) in [7, 11) is 0. The SMILES string of the molecule is CC(NC(=O)C1CCCN1C(=O)C(N)C(C)C)C(=O)N1CCCC1C(=O)O. The molecule has 0 spiro atoms. The third-order valence-corrected chi connectivity index (χ3v) is 5.39. The standard InChI is InChI=1S/C18H30N4O5/c1-10(2)14(19)17(25)21-8-4-6-12(21)15(23)20-11(3)16(24)22-9-5-7-13(22)18(26)27/h10-14H,4-9,19H2,1-3H3,(H,20,23)(H,26,27). The highest BCUT2D eigenvalue weighted by molar-refractivity contribution is 5.94. The van der Waals surface area contributed by atoms with Crippen molar-refractivity contribution in [2.75, 3.05) is 13.1 Å². The fourth-order valence-corrected chi connectivity index (χ4v) is 3.69. The molecule has 27 heavy (non-hydrogen) atoms. The maximum atomic E-state index is 12.7. The molecule has 0 aromatic rings. The Hall–Kier alpha value is -2.16.